The van der Waals surface area contributed by atoms with Crippen LogP contribution in [0.25, 0.3) is 0 Å². The first-order chi connectivity index (χ1) is 9.10. The summed E-state index contributed by atoms with van der Waals surface area (Å²) >= 11 is 3.66. The fourth-order valence-electron chi connectivity index (χ4n) is 2.38. The molecule has 5 heteroatoms. The molecular formula is C14H18F2OS2. The first kappa shape index (κ1) is 15.1. The Hall–Kier alpha value is -0.260. The van der Waals surface area contributed by atoms with Crippen LogP contribution in [0.5, 0.6) is 0 Å². The van der Waals surface area contributed by atoms with Crippen molar-refractivity contribution in [2.24, 2.45) is 0 Å². The maximum atomic E-state index is 13.1. The van der Waals surface area contributed by atoms with E-state index in [9.17, 15) is 13.9 Å². The summed E-state index contributed by atoms with van der Waals surface area (Å²) in [6.45, 7) is 2.12. The molecule has 3 atom stereocenters. The first-order valence-corrected chi connectivity index (χ1v) is 8.56. The number of hydrogen-bond acceptors (Lipinski definition) is 3. The molecule has 0 amide bonds. The number of aliphatic hydroxyl groups excluding tert-OH is 1. The molecule has 1 nitrogen and oxygen atoms in total. The number of halogens is 2. The summed E-state index contributed by atoms with van der Waals surface area (Å²) in [7, 11) is 0. The Kier molecular flexibility index (Phi) is 5.54. The Morgan fingerprint density at radius 3 is 2.47 bits per heavy atom. The van der Waals surface area contributed by atoms with Crippen molar-refractivity contribution in [3.05, 3.63) is 35.4 Å². The van der Waals surface area contributed by atoms with Gasteiger partial charge in [0.1, 0.15) is 11.6 Å². The van der Waals surface area contributed by atoms with E-state index in [0.717, 1.165) is 24.0 Å². The molecule has 0 bridgehead atoms. The second-order valence-electron chi connectivity index (χ2n) is 4.70. The smallest absolute Gasteiger partial charge is 0.126 e. The molecule has 0 aromatic heterocycles. The molecule has 1 aromatic carbocycles. The Morgan fingerprint density at radius 1 is 1.21 bits per heavy atom. The van der Waals surface area contributed by atoms with Gasteiger partial charge < -0.3 is 5.11 Å². The van der Waals surface area contributed by atoms with E-state index in [-0.39, 0.29) is 5.25 Å². The van der Waals surface area contributed by atoms with Crippen LogP contribution in [0.2, 0.25) is 0 Å². The van der Waals surface area contributed by atoms with Crippen molar-refractivity contribution in [3.8, 4) is 0 Å². The van der Waals surface area contributed by atoms with Crippen LogP contribution >= 0.6 is 23.5 Å². The zero-order chi connectivity index (χ0) is 13.8. The molecule has 0 saturated carbocycles. The zero-order valence-electron chi connectivity index (χ0n) is 10.8. The third-order valence-corrected chi connectivity index (χ3v) is 6.63. The van der Waals surface area contributed by atoms with Gasteiger partial charge in [-0.1, -0.05) is 6.92 Å². The van der Waals surface area contributed by atoms with E-state index in [1.54, 1.807) is 11.8 Å². The summed E-state index contributed by atoms with van der Waals surface area (Å²) < 4.78 is 26.3. The highest BCUT2D eigenvalue weighted by Gasteiger charge is 2.31. The minimum atomic E-state index is -0.583. The Bertz CT molecular complexity index is 408. The molecule has 0 aliphatic carbocycles. The van der Waals surface area contributed by atoms with E-state index in [1.807, 2.05) is 11.8 Å². The third-order valence-electron chi connectivity index (χ3n) is 3.24. The largest absolute Gasteiger partial charge is 0.392 e. The fraction of sp³-hybridized carbons (Fsp3) is 0.571. The van der Waals surface area contributed by atoms with Crippen LogP contribution in [-0.2, 0) is 6.42 Å². The van der Waals surface area contributed by atoms with Crippen molar-refractivity contribution < 1.29 is 13.9 Å². The molecule has 1 saturated heterocycles. The monoisotopic (exact) mass is 304 g/mol. The molecule has 1 aliphatic heterocycles. The van der Waals surface area contributed by atoms with Crippen molar-refractivity contribution in [3.63, 3.8) is 0 Å². The minimum absolute atomic E-state index is 0.148. The highest BCUT2D eigenvalue weighted by molar-refractivity contribution is 8.07. The number of rotatable bonds is 4. The van der Waals surface area contributed by atoms with Gasteiger partial charge in [0.2, 0.25) is 0 Å². The lowest BCUT2D eigenvalue weighted by atomic mass is 10.0. The first-order valence-electron chi connectivity index (χ1n) is 6.46. The molecule has 106 valence electrons. The van der Waals surface area contributed by atoms with Crippen molar-refractivity contribution >= 4 is 23.5 Å². The summed E-state index contributed by atoms with van der Waals surface area (Å²) in [4.78, 5) is 0. The molecule has 1 fully saturated rings. The molecule has 0 radical (unpaired) electrons. The van der Waals surface area contributed by atoms with Gasteiger partial charge in [-0.15, -0.1) is 0 Å². The van der Waals surface area contributed by atoms with E-state index in [1.165, 1.54) is 12.1 Å². The van der Waals surface area contributed by atoms with Gasteiger partial charge in [0.15, 0.2) is 0 Å². The van der Waals surface area contributed by atoms with E-state index in [0.29, 0.717) is 17.2 Å². The SMILES string of the molecule is CCC1SCCSC1C(O)Cc1cc(F)cc(F)c1. The average molecular weight is 304 g/mol. The van der Waals surface area contributed by atoms with Gasteiger partial charge in [-0.3, -0.25) is 0 Å². The maximum absolute atomic E-state index is 13.1. The maximum Gasteiger partial charge on any atom is 0.126 e. The number of benzene rings is 1. The van der Waals surface area contributed by atoms with Crippen LogP contribution in [0.1, 0.15) is 18.9 Å². The third kappa shape index (κ3) is 4.10. The molecule has 3 unspecified atom stereocenters. The van der Waals surface area contributed by atoms with Crippen LogP contribution in [0.4, 0.5) is 8.78 Å². The van der Waals surface area contributed by atoms with Crippen LogP contribution < -0.4 is 0 Å². The quantitative estimate of drug-likeness (QED) is 0.919. The van der Waals surface area contributed by atoms with E-state index >= 15 is 0 Å². The molecule has 0 spiro atoms. The predicted octanol–water partition coefficient (Wildman–Crippen LogP) is 3.50. The van der Waals surface area contributed by atoms with Gasteiger partial charge in [0, 0.05) is 28.1 Å². The molecule has 19 heavy (non-hydrogen) atoms. The van der Waals surface area contributed by atoms with Gasteiger partial charge >= 0.3 is 0 Å². The summed E-state index contributed by atoms with van der Waals surface area (Å²) in [6, 6.07) is 3.46. The van der Waals surface area contributed by atoms with E-state index in [4.69, 9.17) is 0 Å². The Labute approximate surface area is 121 Å². The van der Waals surface area contributed by atoms with Gasteiger partial charge in [0.05, 0.1) is 6.10 Å². The Morgan fingerprint density at radius 2 is 1.84 bits per heavy atom. The predicted molar refractivity (Wildman–Crippen MR) is 78.9 cm³/mol. The van der Waals surface area contributed by atoms with Crippen LogP contribution in [0, 0.1) is 11.6 Å². The molecule has 2 rings (SSSR count). The van der Waals surface area contributed by atoms with Crippen molar-refractivity contribution in [2.45, 2.75) is 36.4 Å². The van der Waals surface area contributed by atoms with Crippen molar-refractivity contribution in [1.82, 2.24) is 0 Å². The summed E-state index contributed by atoms with van der Waals surface area (Å²) in [5.74, 6) is 0.973. The zero-order valence-corrected chi connectivity index (χ0v) is 12.4. The summed E-state index contributed by atoms with van der Waals surface area (Å²) in [5.41, 5.74) is 0.524. The van der Waals surface area contributed by atoms with Crippen molar-refractivity contribution in [1.29, 1.82) is 0 Å². The Balaban J connectivity index is 2.04. The summed E-state index contributed by atoms with van der Waals surface area (Å²) in [5, 5.41) is 10.9. The van der Waals surface area contributed by atoms with Crippen LogP contribution in [0.3, 0.4) is 0 Å². The lowest BCUT2D eigenvalue weighted by Crippen LogP contribution is -2.37. The van der Waals surface area contributed by atoms with Gasteiger partial charge in [-0.05, 0) is 30.5 Å². The number of aliphatic hydroxyl groups is 1. The lowest BCUT2D eigenvalue weighted by molar-refractivity contribution is 0.169. The normalized spacial score (nSPS) is 25.3. The second-order valence-corrected chi connectivity index (χ2v) is 7.34. The molecule has 1 aliphatic rings. The molecule has 1 N–H and O–H groups in total. The topological polar surface area (TPSA) is 20.2 Å². The van der Waals surface area contributed by atoms with Crippen LogP contribution in [-0.4, -0.2) is 33.2 Å². The molecular weight excluding hydrogens is 286 g/mol. The fourth-order valence-corrected chi connectivity index (χ4v) is 5.53. The lowest BCUT2D eigenvalue weighted by Gasteiger charge is -2.33. The molecule has 1 heterocycles. The van der Waals surface area contributed by atoms with E-state index in [2.05, 4.69) is 6.92 Å². The highest BCUT2D eigenvalue weighted by atomic mass is 32.2. The van der Waals surface area contributed by atoms with Crippen LogP contribution in [0.15, 0.2) is 18.2 Å². The highest BCUT2D eigenvalue weighted by Crippen LogP contribution is 2.36. The minimum Gasteiger partial charge on any atom is -0.392 e. The van der Waals surface area contributed by atoms with Gasteiger partial charge in [-0.2, -0.15) is 23.5 Å². The standard InChI is InChI=1S/C14H18F2OS2/c1-2-13-14(19-4-3-18-13)12(17)7-9-5-10(15)8-11(16)6-9/h5-6,8,12-14,17H,2-4,7H2,1H3. The number of thioether (sulfide) groups is 2. The van der Waals surface area contributed by atoms with E-state index < -0.39 is 17.7 Å². The van der Waals surface area contributed by atoms with Crippen molar-refractivity contribution in [2.75, 3.05) is 11.5 Å². The van der Waals surface area contributed by atoms with Gasteiger partial charge in [-0.25, -0.2) is 8.78 Å². The second kappa shape index (κ2) is 6.95. The van der Waals surface area contributed by atoms with Gasteiger partial charge in [0.25, 0.3) is 0 Å². The molecule has 1 aromatic rings. The number of hydrogen-bond donors (Lipinski definition) is 1. The summed E-state index contributed by atoms with van der Waals surface area (Å²) in [6.07, 6.45) is 0.768. The average Bonchev–Trinajstić information content (AvgIpc) is 2.37.